The number of fused-ring (bicyclic) bond motifs is 1. The van der Waals surface area contributed by atoms with E-state index >= 15 is 0 Å². The van der Waals surface area contributed by atoms with Crippen LogP contribution in [0.3, 0.4) is 0 Å². The fourth-order valence-corrected chi connectivity index (χ4v) is 5.22. The fourth-order valence-electron chi connectivity index (χ4n) is 3.75. The van der Waals surface area contributed by atoms with Gasteiger partial charge in [0.25, 0.3) is 5.91 Å². The smallest absolute Gasteiger partial charge is 0.254 e. The van der Waals surface area contributed by atoms with Crippen LogP contribution in [-0.4, -0.2) is 54.7 Å². The van der Waals surface area contributed by atoms with E-state index in [0.717, 1.165) is 5.56 Å². The minimum Gasteiger partial charge on any atom is -0.337 e. The van der Waals surface area contributed by atoms with Crippen LogP contribution in [0.1, 0.15) is 22.3 Å². The predicted molar refractivity (Wildman–Crippen MR) is 115 cm³/mol. The molecule has 0 aliphatic carbocycles. The van der Waals surface area contributed by atoms with E-state index in [1.54, 1.807) is 47.4 Å². The molecular weight excluding hydrogens is 402 g/mol. The van der Waals surface area contributed by atoms with Gasteiger partial charge in [-0.15, -0.1) is 0 Å². The number of H-pyrrole nitrogens is 1. The number of amides is 1. The van der Waals surface area contributed by atoms with E-state index in [-0.39, 0.29) is 29.5 Å². The molecule has 1 aromatic heterocycles. The Balaban J connectivity index is 1.57. The van der Waals surface area contributed by atoms with Crippen LogP contribution in [0, 0.1) is 6.92 Å². The number of pyridine rings is 1. The van der Waals surface area contributed by atoms with E-state index in [9.17, 15) is 18.0 Å². The highest BCUT2D eigenvalue weighted by Crippen LogP contribution is 2.21. The molecule has 1 N–H and O–H groups in total. The molecule has 4 rings (SSSR count). The third-order valence-corrected chi connectivity index (χ3v) is 7.29. The Morgan fingerprint density at radius 3 is 2.47 bits per heavy atom. The number of nitrogens with one attached hydrogen (secondary N) is 1. The summed E-state index contributed by atoms with van der Waals surface area (Å²) in [6.45, 7) is 3.16. The normalized spacial score (nSPS) is 15.8. The zero-order valence-corrected chi connectivity index (χ0v) is 17.5. The van der Waals surface area contributed by atoms with Gasteiger partial charge in [-0.05, 0) is 31.5 Å². The van der Waals surface area contributed by atoms with Crippen molar-refractivity contribution < 1.29 is 13.2 Å². The maximum absolute atomic E-state index is 13.2. The second kappa shape index (κ2) is 8.04. The average molecular weight is 426 g/mol. The van der Waals surface area contributed by atoms with Gasteiger partial charge in [-0.2, -0.15) is 4.31 Å². The topological polar surface area (TPSA) is 90.6 Å². The summed E-state index contributed by atoms with van der Waals surface area (Å²) in [5.41, 5.74) is 1.60. The van der Waals surface area contributed by atoms with Crippen LogP contribution in [0.4, 0.5) is 0 Å². The van der Waals surface area contributed by atoms with E-state index in [0.29, 0.717) is 36.0 Å². The second-order valence-electron chi connectivity index (χ2n) is 7.46. The maximum atomic E-state index is 13.2. The number of sulfonamides is 1. The summed E-state index contributed by atoms with van der Waals surface area (Å²) < 4.78 is 27.4. The first kappa shape index (κ1) is 20.3. The summed E-state index contributed by atoms with van der Waals surface area (Å²) in [7, 11) is -3.62. The lowest BCUT2D eigenvalue weighted by atomic mass is 10.1. The molecule has 2 heterocycles. The quantitative estimate of drug-likeness (QED) is 0.698. The Kier molecular flexibility index (Phi) is 5.44. The molecule has 156 valence electrons. The fraction of sp³-hybridized carbons (Fsp3) is 0.273. The summed E-state index contributed by atoms with van der Waals surface area (Å²) in [5.74, 6) is -0.258. The van der Waals surface area contributed by atoms with Gasteiger partial charge in [0, 0.05) is 43.1 Å². The number of carbonyl (C=O) groups is 1. The number of para-hydroxylation sites is 1. The zero-order chi connectivity index (χ0) is 21.3. The number of hydrogen-bond donors (Lipinski definition) is 1. The van der Waals surface area contributed by atoms with Gasteiger partial charge in [-0.1, -0.05) is 35.9 Å². The first-order valence-electron chi connectivity index (χ1n) is 9.84. The second-order valence-corrected chi connectivity index (χ2v) is 9.39. The zero-order valence-electron chi connectivity index (χ0n) is 16.7. The minimum absolute atomic E-state index is 0.211. The van der Waals surface area contributed by atoms with Gasteiger partial charge in [-0.25, -0.2) is 8.42 Å². The molecule has 0 radical (unpaired) electrons. The number of hydrogen-bond acceptors (Lipinski definition) is 4. The van der Waals surface area contributed by atoms with Gasteiger partial charge < -0.3 is 9.88 Å². The molecular formula is C22H23N3O4S. The van der Waals surface area contributed by atoms with Crippen molar-refractivity contribution >= 4 is 26.8 Å². The summed E-state index contributed by atoms with van der Waals surface area (Å²) in [6, 6.07) is 15.3. The number of rotatable bonds is 3. The van der Waals surface area contributed by atoms with Gasteiger partial charge in [-0.3, -0.25) is 9.59 Å². The highest BCUT2D eigenvalue weighted by Gasteiger charge is 2.29. The number of benzene rings is 2. The Labute approximate surface area is 175 Å². The molecule has 0 spiro atoms. The van der Waals surface area contributed by atoms with Crippen molar-refractivity contribution in [3.63, 3.8) is 0 Å². The number of nitrogens with zero attached hydrogens (tertiary/aromatic N) is 2. The van der Waals surface area contributed by atoms with Crippen molar-refractivity contribution in [2.24, 2.45) is 0 Å². The minimum atomic E-state index is -3.62. The molecule has 1 fully saturated rings. The summed E-state index contributed by atoms with van der Waals surface area (Å²) in [5, 5.41) is 0.676. The molecule has 1 saturated heterocycles. The van der Waals surface area contributed by atoms with Crippen molar-refractivity contribution in [3.05, 3.63) is 76.1 Å². The Hall–Kier alpha value is -2.97. The van der Waals surface area contributed by atoms with Crippen LogP contribution in [0.25, 0.3) is 10.9 Å². The molecule has 7 nitrogen and oxygen atoms in total. The highest BCUT2D eigenvalue weighted by molar-refractivity contribution is 7.89. The molecule has 0 bridgehead atoms. The molecule has 0 atom stereocenters. The summed E-state index contributed by atoms with van der Waals surface area (Å²) in [6.07, 6.45) is 0.526. The molecule has 2 aromatic carbocycles. The molecule has 3 aromatic rings. The highest BCUT2D eigenvalue weighted by atomic mass is 32.2. The van der Waals surface area contributed by atoms with E-state index < -0.39 is 10.0 Å². The Morgan fingerprint density at radius 1 is 0.967 bits per heavy atom. The van der Waals surface area contributed by atoms with Crippen molar-refractivity contribution in [1.29, 1.82) is 0 Å². The first-order valence-corrected chi connectivity index (χ1v) is 11.3. The predicted octanol–water partition coefficient (Wildman–Crippen LogP) is 2.37. The van der Waals surface area contributed by atoms with Gasteiger partial charge in [0.2, 0.25) is 15.6 Å². The lowest BCUT2D eigenvalue weighted by molar-refractivity contribution is 0.0766. The van der Waals surface area contributed by atoms with E-state index in [1.807, 2.05) is 13.0 Å². The van der Waals surface area contributed by atoms with Crippen molar-refractivity contribution in [1.82, 2.24) is 14.2 Å². The molecule has 0 unspecified atom stereocenters. The van der Waals surface area contributed by atoms with Crippen molar-refractivity contribution in [2.45, 2.75) is 18.2 Å². The first-order chi connectivity index (χ1) is 14.4. The SMILES string of the molecule is Cc1ccc(S(=O)(=O)N2CCCN(C(=O)c3cc(=O)[nH]c4ccccc34)CC2)cc1. The van der Waals surface area contributed by atoms with Crippen LogP contribution >= 0.6 is 0 Å². The molecule has 8 heteroatoms. The van der Waals surface area contributed by atoms with Gasteiger partial charge >= 0.3 is 0 Å². The Bertz CT molecular complexity index is 1250. The van der Waals surface area contributed by atoms with Crippen LogP contribution in [0.15, 0.2) is 64.3 Å². The summed E-state index contributed by atoms with van der Waals surface area (Å²) in [4.78, 5) is 29.8. The lowest BCUT2D eigenvalue weighted by Crippen LogP contribution is -2.37. The largest absolute Gasteiger partial charge is 0.337 e. The third-order valence-electron chi connectivity index (χ3n) is 5.38. The molecule has 30 heavy (non-hydrogen) atoms. The van der Waals surface area contributed by atoms with Crippen molar-refractivity contribution in [2.75, 3.05) is 26.2 Å². The number of carbonyl (C=O) groups excluding carboxylic acids is 1. The van der Waals surface area contributed by atoms with E-state index in [1.165, 1.54) is 10.4 Å². The number of aryl methyl sites for hydroxylation is 1. The average Bonchev–Trinajstić information content (AvgIpc) is 3.00. The standard InChI is InChI=1S/C22H23N3O4S/c1-16-7-9-17(10-8-16)30(28,29)25-12-4-11-24(13-14-25)22(27)19-15-21(26)23-20-6-3-2-5-18(19)20/h2-3,5-10,15H,4,11-14H2,1H3,(H,23,26). The van der Waals surface area contributed by atoms with Crippen LogP contribution in [0.2, 0.25) is 0 Å². The van der Waals surface area contributed by atoms with Crippen LogP contribution in [-0.2, 0) is 10.0 Å². The molecule has 1 amide bonds. The Morgan fingerprint density at radius 2 is 1.70 bits per heavy atom. The van der Waals surface area contributed by atoms with Gasteiger partial charge in [0.15, 0.2) is 0 Å². The lowest BCUT2D eigenvalue weighted by Gasteiger charge is -2.22. The van der Waals surface area contributed by atoms with Crippen LogP contribution < -0.4 is 5.56 Å². The molecule has 0 saturated carbocycles. The molecule has 1 aliphatic heterocycles. The van der Waals surface area contributed by atoms with Crippen molar-refractivity contribution in [3.8, 4) is 0 Å². The van der Waals surface area contributed by atoms with Gasteiger partial charge in [0.1, 0.15) is 0 Å². The number of aromatic amines is 1. The van der Waals surface area contributed by atoms with Crippen LogP contribution in [0.5, 0.6) is 0 Å². The molecule has 1 aliphatic rings. The third kappa shape index (κ3) is 3.88. The maximum Gasteiger partial charge on any atom is 0.254 e. The number of aromatic nitrogens is 1. The summed E-state index contributed by atoms with van der Waals surface area (Å²) >= 11 is 0. The monoisotopic (exact) mass is 425 g/mol. The van der Waals surface area contributed by atoms with E-state index in [2.05, 4.69) is 4.98 Å². The van der Waals surface area contributed by atoms with Gasteiger partial charge in [0.05, 0.1) is 10.5 Å². The van der Waals surface area contributed by atoms with E-state index in [4.69, 9.17) is 0 Å².